The van der Waals surface area contributed by atoms with Crippen LogP contribution in [0.3, 0.4) is 0 Å². The fraction of sp³-hybridized carbons (Fsp3) is 0.462. The molecule has 1 aromatic carbocycles. The van der Waals surface area contributed by atoms with Crippen molar-refractivity contribution in [3.05, 3.63) is 39.7 Å². The number of hydrogen-bond acceptors (Lipinski definition) is 4. The maximum absolute atomic E-state index is 13.3. The van der Waals surface area contributed by atoms with Gasteiger partial charge in [-0.15, -0.1) is 0 Å². The molecule has 2 rings (SSSR count). The fourth-order valence-electron chi connectivity index (χ4n) is 2.63. The largest absolute Gasteiger partial charge is 0.481 e. The van der Waals surface area contributed by atoms with Gasteiger partial charge in [-0.05, 0) is 32.0 Å². The summed E-state index contributed by atoms with van der Waals surface area (Å²) < 4.78 is 13.3. The number of hydrogen-bond donors (Lipinski definition) is 1. The number of likely N-dealkylation sites (tertiary alicyclic amines) is 1. The Morgan fingerprint density at radius 1 is 1.60 bits per heavy atom. The van der Waals surface area contributed by atoms with Crippen LogP contribution in [0.1, 0.15) is 18.9 Å². The molecule has 7 heteroatoms. The standard InChI is InChI=1S/C13H15FN2O4/c1-8-11(13(17)18)4-5-15(8)7-9-6-10(14)2-3-12(9)16(19)20/h2-3,6,8,11H,4-5,7H2,1H3,(H,17,18). The molecule has 1 aliphatic rings. The van der Waals surface area contributed by atoms with E-state index in [1.807, 2.05) is 4.90 Å². The van der Waals surface area contributed by atoms with Gasteiger partial charge in [0.1, 0.15) is 5.82 Å². The molecule has 108 valence electrons. The van der Waals surface area contributed by atoms with Crippen LogP contribution in [0.4, 0.5) is 10.1 Å². The van der Waals surface area contributed by atoms with E-state index < -0.39 is 22.6 Å². The van der Waals surface area contributed by atoms with Crippen LogP contribution in [-0.2, 0) is 11.3 Å². The van der Waals surface area contributed by atoms with E-state index in [2.05, 4.69) is 0 Å². The maximum Gasteiger partial charge on any atom is 0.308 e. The summed E-state index contributed by atoms with van der Waals surface area (Å²) in [5.41, 5.74) is 0.130. The number of nitrogens with zero attached hydrogens (tertiary/aromatic N) is 2. The lowest BCUT2D eigenvalue weighted by Crippen LogP contribution is -2.32. The second-order valence-corrected chi connectivity index (χ2v) is 4.97. The van der Waals surface area contributed by atoms with Gasteiger partial charge in [-0.3, -0.25) is 19.8 Å². The van der Waals surface area contributed by atoms with Crippen molar-refractivity contribution in [3.8, 4) is 0 Å². The predicted molar refractivity (Wildman–Crippen MR) is 68.7 cm³/mol. The van der Waals surface area contributed by atoms with Crippen molar-refractivity contribution in [2.45, 2.75) is 25.9 Å². The number of carbonyl (C=O) groups is 1. The third-order valence-electron chi connectivity index (χ3n) is 3.81. The Hall–Kier alpha value is -2.02. The van der Waals surface area contributed by atoms with Crippen molar-refractivity contribution >= 4 is 11.7 Å². The first-order valence-electron chi connectivity index (χ1n) is 6.30. The average Bonchev–Trinajstić information content (AvgIpc) is 2.71. The number of carboxylic acid groups (broad SMARTS) is 1. The van der Waals surface area contributed by atoms with Crippen LogP contribution < -0.4 is 0 Å². The minimum absolute atomic E-state index is 0.141. The molecule has 0 bridgehead atoms. The zero-order valence-corrected chi connectivity index (χ0v) is 11.0. The van der Waals surface area contributed by atoms with Gasteiger partial charge in [-0.1, -0.05) is 0 Å². The van der Waals surface area contributed by atoms with E-state index in [1.165, 1.54) is 0 Å². The Morgan fingerprint density at radius 3 is 2.85 bits per heavy atom. The highest BCUT2D eigenvalue weighted by Gasteiger charge is 2.36. The quantitative estimate of drug-likeness (QED) is 0.674. The second-order valence-electron chi connectivity index (χ2n) is 4.97. The van der Waals surface area contributed by atoms with Gasteiger partial charge in [0.2, 0.25) is 0 Å². The smallest absolute Gasteiger partial charge is 0.308 e. The summed E-state index contributed by atoms with van der Waals surface area (Å²) in [6.45, 7) is 2.49. The fourth-order valence-corrected chi connectivity index (χ4v) is 2.63. The van der Waals surface area contributed by atoms with Gasteiger partial charge in [0.05, 0.1) is 10.8 Å². The van der Waals surface area contributed by atoms with Gasteiger partial charge in [0.25, 0.3) is 5.69 Å². The molecule has 2 unspecified atom stereocenters. The number of carboxylic acids is 1. The highest BCUT2D eigenvalue weighted by Crippen LogP contribution is 2.29. The molecule has 1 fully saturated rings. The molecule has 0 spiro atoms. The van der Waals surface area contributed by atoms with Crippen molar-refractivity contribution in [2.24, 2.45) is 5.92 Å². The molecule has 6 nitrogen and oxygen atoms in total. The molecule has 2 atom stereocenters. The minimum Gasteiger partial charge on any atom is -0.481 e. The van der Waals surface area contributed by atoms with Gasteiger partial charge in [-0.2, -0.15) is 0 Å². The normalized spacial score (nSPS) is 22.9. The van der Waals surface area contributed by atoms with Crippen molar-refractivity contribution in [2.75, 3.05) is 6.54 Å². The van der Waals surface area contributed by atoms with Gasteiger partial charge in [-0.25, -0.2) is 4.39 Å². The van der Waals surface area contributed by atoms with Gasteiger partial charge in [0, 0.05) is 24.2 Å². The summed E-state index contributed by atoms with van der Waals surface area (Å²) in [4.78, 5) is 23.3. The van der Waals surface area contributed by atoms with Crippen LogP contribution in [0.2, 0.25) is 0 Å². The van der Waals surface area contributed by atoms with Gasteiger partial charge >= 0.3 is 5.97 Å². The SMILES string of the molecule is CC1C(C(=O)O)CCN1Cc1cc(F)ccc1[N+](=O)[O-]. The van der Waals surface area contributed by atoms with Crippen LogP contribution in [0.25, 0.3) is 0 Å². The molecular weight excluding hydrogens is 267 g/mol. The van der Waals surface area contributed by atoms with Crippen molar-refractivity contribution in [1.29, 1.82) is 0 Å². The van der Waals surface area contributed by atoms with E-state index in [-0.39, 0.29) is 23.8 Å². The lowest BCUT2D eigenvalue weighted by atomic mass is 10.0. The molecule has 0 radical (unpaired) electrons. The number of halogens is 1. The maximum atomic E-state index is 13.3. The van der Waals surface area contributed by atoms with E-state index in [0.717, 1.165) is 18.2 Å². The summed E-state index contributed by atoms with van der Waals surface area (Å²) in [5, 5.41) is 20.0. The third-order valence-corrected chi connectivity index (χ3v) is 3.81. The van der Waals surface area contributed by atoms with Gasteiger partial charge < -0.3 is 5.11 Å². The van der Waals surface area contributed by atoms with Crippen LogP contribution in [0.5, 0.6) is 0 Å². The Kier molecular flexibility index (Phi) is 3.99. The zero-order chi connectivity index (χ0) is 14.9. The lowest BCUT2D eigenvalue weighted by Gasteiger charge is -2.22. The van der Waals surface area contributed by atoms with Crippen LogP contribution in [-0.4, -0.2) is 33.5 Å². The van der Waals surface area contributed by atoms with Crippen LogP contribution in [0, 0.1) is 21.8 Å². The summed E-state index contributed by atoms with van der Waals surface area (Å²) in [7, 11) is 0. The Bertz CT molecular complexity index is 549. The summed E-state index contributed by atoms with van der Waals surface area (Å²) >= 11 is 0. The summed E-state index contributed by atoms with van der Waals surface area (Å²) in [6, 6.07) is 3.10. The monoisotopic (exact) mass is 282 g/mol. The van der Waals surface area contributed by atoms with E-state index in [1.54, 1.807) is 6.92 Å². The Balaban J connectivity index is 2.20. The second kappa shape index (κ2) is 5.54. The predicted octanol–water partition coefficient (Wildman–Crippen LogP) is 2.03. The highest BCUT2D eigenvalue weighted by atomic mass is 19.1. The first kappa shape index (κ1) is 14.4. The molecule has 0 amide bonds. The molecule has 1 aromatic rings. The minimum atomic E-state index is -0.867. The molecule has 0 aromatic heterocycles. The summed E-state index contributed by atoms with van der Waals surface area (Å²) in [6.07, 6.45) is 0.500. The Labute approximate surface area is 115 Å². The highest BCUT2D eigenvalue weighted by molar-refractivity contribution is 5.71. The van der Waals surface area contributed by atoms with Crippen molar-refractivity contribution in [3.63, 3.8) is 0 Å². The number of nitro benzene ring substituents is 1. The van der Waals surface area contributed by atoms with E-state index in [0.29, 0.717) is 13.0 Å². The zero-order valence-electron chi connectivity index (χ0n) is 11.0. The average molecular weight is 282 g/mol. The van der Waals surface area contributed by atoms with Crippen LogP contribution >= 0.6 is 0 Å². The van der Waals surface area contributed by atoms with Gasteiger partial charge in [0.15, 0.2) is 0 Å². The van der Waals surface area contributed by atoms with Crippen molar-refractivity contribution in [1.82, 2.24) is 4.90 Å². The Morgan fingerprint density at radius 2 is 2.30 bits per heavy atom. The van der Waals surface area contributed by atoms with E-state index >= 15 is 0 Å². The third kappa shape index (κ3) is 2.77. The first-order chi connectivity index (χ1) is 9.40. The first-order valence-corrected chi connectivity index (χ1v) is 6.30. The topological polar surface area (TPSA) is 83.7 Å². The molecule has 1 heterocycles. The molecule has 0 aliphatic carbocycles. The van der Waals surface area contributed by atoms with Crippen molar-refractivity contribution < 1.29 is 19.2 Å². The van der Waals surface area contributed by atoms with E-state index in [9.17, 15) is 19.3 Å². The van der Waals surface area contributed by atoms with Crippen LogP contribution in [0.15, 0.2) is 18.2 Å². The number of nitro groups is 1. The molecule has 0 saturated carbocycles. The molecule has 20 heavy (non-hydrogen) atoms. The number of rotatable bonds is 4. The lowest BCUT2D eigenvalue weighted by molar-refractivity contribution is -0.385. The van der Waals surface area contributed by atoms with E-state index in [4.69, 9.17) is 5.11 Å². The number of aliphatic carboxylic acids is 1. The number of benzene rings is 1. The molecular formula is C13H15FN2O4. The summed E-state index contributed by atoms with van der Waals surface area (Å²) in [5.74, 6) is -1.89. The molecule has 1 N–H and O–H groups in total. The molecule has 1 aliphatic heterocycles. The molecule has 1 saturated heterocycles.